The number of hydrogen-bond donors (Lipinski definition) is 0. The second-order valence-corrected chi connectivity index (χ2v) is 5.41. The van der Waals surface area contributed by atoms with E-state index in [2.05, 4.69) is 0 Å². The second-order valence-electron chi connectivity index (χ2n) is 5.41. The summed E-state index contributed by atoms with van der Waals surface area (Å²) in [6.07, 6.45) is 3.75. The van der Waals surface area contributed by atoms with Crippen molar-refractivity contribution < 1.29 is 32.6 Å². The molecule has 0 bridgehead atoms. The minimum atomic E-state index is -1.15. The lowest BCUT2D eigenvalue weighted by atomic mass is 10.1. The SMILES string of the molecule is C/C=C/c1ccc(OCC(=O)OCC(=O)c2ccc(F)c(F)c2)c(OC)c1. The first kappa shape index (κ1) is 20.1. The lowest BCUT2D eigenvalue weighted by molar-refractivity contribution is -0.144. The summed E-state index contributed by atoms with van der Waals surface area (Å²) in [6, 6.07) is 7.87. The highest BCUT2D eigenvalue weighted by Gasteiger charge is 2.14. The molecule has 0 spiro atoms. The Morgan fingerprint density at radius 1 is 1.00 bits per heavy atom. The van der Waals surface area contributed by atoms with Crippen LogP contribution in [0.25, 0.3) is 6.08 Å². The molecule has 0 N–H and O–H groups in total. The molecule has 2 aromatic rings. The molecule has 0 radical (unpaired) electrons. The predicted octanol–water partition coefficient (Wildman–Crippen LogP) is 3.81. The number of ether oxygens (including phenoxy) is 3. The number of benzene rings is 2. The topological polar surface area (TPSA) is 61.8 Å². The van der Waals surface area contributed by atoms with Crippen molar-refractivity contribution in [2.45, 2.75) is 6.92 Å². The molecular weight excluding hydrogens is 358 g/mol. The number of allylic oxidation sites excluding steroid dienone is 1. The van der Waals surface area contributed by atoms with Gasteiger partial charge >= 0.3 is 5.97 Å². The Balaban J connectivity index is 1.89. The molecule has 5 nitrogen and oxygen atoms in total. The number of methoxy groups -OCH3 is 1. The highest BCUT2D eigenvalue weighted by Crippen LogP contribution is 2.28. The predicted molar refractivity (Wildman–Crippen MR) is 94.8 cm³/mol. The van der Waals surface area contributed by atoms with Crippen molar-refractivity contribution in [2.24, 2.45) is 0 Å². The van der Waals surface area contributed by atoms with E-state index < -0.39 is 36.6 Å². The number of carbonyl (C=O) groups is 2. The van der Waals surface area contributed by atoms with Gasteiger partial charge in [0, 0.05) is 5.56 Å². The van der Waals surface area contributed by atoms with Crippen molar-refractivity contribution in [1.29, 1.82) is 0 Å². The monoisotopic (exact) mass is 376 g/mol. The maximum atomic E-state index is 13.1. The van der Waals surface area contributed by atoms with Crippen LogP contribution < -0.4 is 9.47 Å². The zero-order chi connectivity index (χ0) is 19.8. The van der Waals surface area contributed by atoms with Crippen LogP contribution in [0.2, 0.25) is 0 Å². The fourth-order valence-electron chi connectivity index (χ4n) is 2.18. The standard InChI is InChI=1S/C20H18F2O5/c1-3-4-13-5-8-18(19(9-13)25-2)26-12-20(24)27-11-17(23)14-6-7-15(21)16(22)10-14/h3-10H,11-12H2,1-2H3/b4-3+. The van der Waals surface area contributed by atoms with Crippen LogP contribution in [-0.2, 0) is 9.53 Å². The molecule has 0 saturated heterocycles. The Bertz CT molecular complexity index is 861. The zero-order valence-corrected chi connectivity index (χ0v) is 14.8. The molecule has 27 heavy (non-hydrogen) atoms. The smallest absolute Gasteiger partial charge is 0.344 e. The van der Waals surface area contributed by atoms with Gasteiger partial charge < -0.3 is 14.2 Å². The van der Waals surface area contributed by atoms with E-state index in [1.807, 2.05) is 19.1 Å². The summed E-state index contributed by atoms with van der Waals surface area (Å²) < 4.78 is 41.4. The van der Waals surface area contributed by atoms with Crippen molar-refractivity contribution in [3.63, 3.8) is 0 Å². The molecule has 0 aliphatic carbocycles. The zero-order valence-electron chi connectivity index (χ0n) is 14.8. The van der Waals surface area contributed by atoms with E-state index in [-0.39, 0.29) is 5.56 Å². The fraction of sp³-hybridized carbons (Fsp3) is 0.200. The van der Waals surface area contributed by atoms with Crippen molar-refractivity contribution in [1.82, 2.24) is 0 Å². The third kappa shape index (κ3) is 5.64. The van der Waals surface area contributed by atoms with Gasteiger partial charge in [-0.25, -0.2) is 13.6 Å². The van der Waals surface area contributed by atoms with E-state index in [1.54, 1.807) is 18.2 Å². The van der Waals surface area contributed by atoms with Gasteiger partial charge in [-0.3, -0.25) is 4.79 Å². The lowest BCUT2D eigenvalue weighted by Gasteiger charge is -2.11. The fourth-order valence-corrected chi connectivity index (χ4v) is 2.18. The summed E-state index contributed by atoms with van der Waals surface area (Å²) in [5.74, 6) is -2.87. The Morgan fingerprint density at radius 3 is 2.44 bits per heavy atom. The van der Waals surface area contributed by atoms with Gasteiger partial charge in [-0.15, -0.1) is 0 Å². The Labute approximate surface area is 155 Å². The summed E-state index contributed by atoms with van der Waals surface area (Å²) in [5, 5.41) is 0. The Kier molecular flexibility index (Phi) is 7.05. The minimum absolute atomic E-state index is 0.0937. The van der Waals surface area contributed by atoms with Crippen LogP contribution in [0.5, 0.6) is 11.5 Å². The van der Waals surface area contributed by atoms with Gasteiger partial charge in [0.1, 0.15) is 0 Å². The summed E-state index contributed by atoms with van der Waals surface area (Å²) >= 11 is 0. The number of Topliss-reactive ketones (excluding diaryl/α,β-unsaturated/α-hetero) is 1. The average molecular weight is 376 g/mol. The van der Waals surface area contributed by atoms with Gasteiger partial charge in [-0.05, 0) is 42.8 Å². The summed E-state index contributed by atoms with van der Waals surface area (Å²) in [5.41, 5.74) is 0.810. The number of hydrogen-bond acceptors (Lipinski definition) is 5. The molecule has 142 valence electrons. The van der Waals surface area contributed by atoms with Crippen LogP contribution in [0.3, 0.4) is 0 Å². The highest BCUT2D eigenvalue weighted by atomic mass is 19.2. The van der Waals surface area contributed by atoms with E-state index in [4.69, 9.17) is 14.2 Å². The molecule has 0 amide bonds. The van der Waals surface area contributed by atoms with E-state index >= 15 is 0 Å². The number of esters is 1. The van der Waals surface area contributed by atoms with E-state index in [0.29, 0.717) is 11.5 Å². The largest absolute Gasteiger partial charge is 0.493 e. The number of ketones is 1. The number of halogens is 2. The molecule has 2 rings (SSSR count). The van der Waals surface area contributed by atoms with E-state index in [0.717, 1.165) is 23.8 Å². The maximum absolute atomic E-state index is 13.1. The molecule has 2 aromatic carbocycles. The van der Waals surface area contributed by atoms with Crippen molar-refractivity contribution in [2.75, 3.05) is 20.3 Å². The molecule has 0 heterocycles. The van der Waals surface area contributed by atoms with Gasteiger partial charge in [0.25, 0.3) is 0 Å². The molecule has 7 heteroatoms. The number of rotatable bonds is 8. The second kappa shape index (κ2) is 9.47. The molecule has 0 aliphatic rings. The molecule has 0 aromatic heterocycles. The van der Waals surface area contributed by atoms with Gasteiger partial charge in [-0.2, -0.15) is 0 Å². The molecular formula is C20H18F2O5. The first-order valence-electron chi connectivity index (χ1n) is 8.02. The van der Waals surface area contributed by atoms with Crippen LogP contribution in [-0.4, -0.2) is 32.1 Å². The summed E-state index contributed by atoms with van der Waals surface area (Å²) in [7, 11) is 1.47. The maximum Gasteiger partial charge on any atom is 0.344 e. The first-order chi connectivity index (χ1) is 12.9. The van der Waals surface area contributed by atoms with Crippen molar-refractivity contribution in [3.05, 3.63) is 65.2 Å². The quantitative estimate of drug-likeness (QED) is 0.518. The normalized spacial score (nSPS) is 10.7. The molecule has 0 atom stereocenters. The third-order valence-electron chi connectivity index (χ3n) is 3.50. The van der Waals surface area contributed by atoms with Crippen LogP contribution in [0.1, 0.15) is 22.8 Å². The minimum Gasteiger partial charge on any atom is -0.493 e. The molecule has 0 saturated carbocycles. The summed E-state index contributed by atoms with van der Waals surface area (Å²) in [4.78, 5) is 23.6. The van der Waals surface area contributed by atoms with Gasteiger partial charge in [-0.1, -0.05) is 18.2 Å². The van der Waals surface area contributed by atoms with Crippen LogP contribution in [0.4, 0.5) is 8.78 Å². The van der Waals surface area contributed by atoms with Crippen LogP contribution in [0.15, 0.2) is 42.5 Å². The number of carbonyl (C=O) groups excluding carboxylic acids is 2. The molecule has 0 fully saturated rings. The Hall–Kier alpha value is -3.22. The average Bonchev–Trinajstić information content (AvgIpc) is 2.67. The van der Waals surface area contributed by atoms with Gasteiger partial charge in [0.05, 0.1) is 7.11 Å². The highest BCUT2D eigenvalue weighted by molar-refractivity contribution is 5.98. The van der Waals surface area contributed by atoms with E-state index in [9.17, 15) is 18.4 Å². The molecule has 0 unspecified atom stereocenters. The van der Waals surface area contributed by atoms with Crippen molar-refractivity contribution in [3.8, 4) is 11.5 Å². The Morgan fingerprint density at radius 2 is 1.78 bits per heavy atom. The molecule has 0 aliphatic heterocycles. The van der Waals surface area contributed by atoms with Crippen LogP contribution in [0, 0.1) is 11.6 Å². The van der Waals surface area contributed by atoms with Gasteiger partial charge in [0.15, 0.2) is 42.1 Å². The summed E-state index contributed by atoms with van der Waals surface area (Å²) in [6.45, 7) is 0.837. The van der Waals surface area contributed by atoms with Gasteiger partial charge in [0.2, 0.25) is 0 Å². The van der Waals surface area contributed by atoms with E-state index in [1.165, 1.54) is 7.11 Å². The van der Waals surface area contributed by atoms with Crippen molar-refractivity contribution >= 4 is 17.8 Å². The third-order valence-corrected chi connectivity index (χ3v) is 3.50. The lowest BCUT2D eigenvalue weighted by Crippen LogP contribution is -2.19. The van der Waals surface area contributed by atoms with Crippen LogP contribution >= 0.6 is 0 Å². The first-order valence-corrected chi connectivity index (χ1v) is 8.02.